The molecule has 0 aliphatic carbocycles. The first-order valence-electron chi connectivity index (χ1n) is 10.8. The van der Waals surface area contributed by atoms with Crippen LogP contribution in [0.4, 0.5) is 0 Å². The number of carbonyl (C=O) groups excluding carboxylic acids is 2. The Morgan fingerprint density at radius 1 is 0.667 bits per heavy atom. The molecule has 0 aliphatic rings. The lowest BCUT2D eigenvalue weighted by Crippen LogP contribution is -2.04. The summed E-state index contributed by atoms with van der Waals surface area (Å²) in [6.45, 7) is 2.67. The van der Waals surface area contributed by atoms with Gasteiger partial charge in [0.05, 0.1) is 13.7 Å². The molecule has 27 heavy (non-hydrogen) atoms. The van der Waals surface area contributed by atoms with Crippen LogP contribution in [0.15, 0.2) is 24.3 Å². The van der Waals surface area contributed by atoms with Crippen molar-refractivity contribution in [3.63, 3.8) is 0 Å². The molecule has 0 atom stereocenters. The zero-order chi connectivity index (χ0) is 20.0. The van der Waals surface area contributed by atoms with Crippen LogP contribution in [0.2, 0.25) is 0 Å². The van der Waals surface area contributed by atoms with E-state index in [9.17, 15) is 9.59 Å². The fourth-order valence-corrected chi connectivity index (χ4v) is 2.77. The normalized spacial score (nSPS) is 11.3. The second kappa shape index (κ2) is 20.7. The number of allylic oxidation sites excluding steroid dienone is 2. The van der Waals surface area contributed by atoms with E-state index in [0.717, 1.165) is 25.0 Å². The highest BCUT2D eigenvalue weighted by Crippen LogP contribution is 2.10. The van der Waals surface area contributed by atoms with Gasteiger partial charge < -0.3 is 9.47 Å². The summed E-state index contributed by atoms with van der Waals surface area (Å²) in [4.78, 5) is 22.1. The Morgan fingerprint density at radius 2 is 1.15 bits per heavy atom. The fraction of sp³-hybridized carbons (Fsp3) is 0.739. The third-order valence-electron chi connectivity index (χ3n) is 4.46. The molecule has 0 radical (unpaired) electrons. The van der Waals surface area contributed by atoms with E-state index in [0.29, 0.717) is 6.61 Å². The van der Waals surface area contributed by atoms with E-state index in [1.165, 1.54) is 84.2 Å². The second-order valence-electron chi connectivity index (χ2n) is 6.96. The maximum absolute atomic E-state index is 11.3. The standard InChI is InChI=1S/C23H40O4/c1-3-4-5-6-7-8-9-10-11-12-13-14-15-16-17-18-21-27-23(25)20-19-22(24)26-2/h10-11,19-20H,3-9,12-18,21H2,1-2H3/b11-10-,20-19-. The van der Waals surface area contributed by atoms with Crippen molar-refractivity contribution < 1.29 is 19.1 Å². The Labute approximate surface area is 166 Å². The minimum atomic E-state index is -0.552. The zero-order valence-corrected chi connectivity index (χ0v) is 17.5. The number of rotatable bonds is 18. The predicted octanol–water partition coefficient (Wildman–Crippen LogP) is 6.30. The third kappa shape index (κ3) is 20.6. The third-order valence-corrected chi connectivity index (χ3v) is 4.46. The molecule has 0 heterocycles. The Hall–Kier alpha value is -1.58. The van der Waals surface area contributed by atoms with E-state index < -0.39 is 11.9 Å². The van der Waals surface area contributed by atoms with Gasteiger partial charge >= 0.3 is 11.9 Å². The van der Waals surface area contributed by atoms with E-state index >= 15 is 0 Å². The van der Waals surface area contributed by atoms with Crippen molar-refractivity contribution >= 4 is 11.9 Å². The predicted molar refractivity (Wildman–Crippen MR) is 112 cm³/mol. The summed E-state index contributed by atoms with van der Waals surface area (Å²) >= 11 is 0. The summed E-state index contributed by atoms with van der Waals surface area (Å²) in [5.41, 5.74) is 0. The molecule has 0 aromatic rings. The highest BCUT2D eigenvalue weighted by Gasteiger charge is 1.99. The molecule has 0 aromatic carbocycles. The molecule has 0 saturated heterocycles. The van der Waals surface area contributed by atoms with Crippen molar-refractivity contribution in [2.24, 2.45) is 0 Å². The average Bonchev–Trinajstić information content (AvgIpc) is 2.68. The molecular weight excluding hydrogens is 340 g/mol. The molecule has 0 rings (SSSR count). The number of ether oxygens (including phenoxy) is 2. The lowest BCUT2D eigenvalue weighted by atomic mass is 10.1. The Balaban J connectivity index is 3.27. The first kappa shape index (κ1) is 25.4. The van der Waals surface area contributed by atoms with E-state index in [1.54, 1.807) is 0 Å². The molecule has 0 saturated carbocycles. The van der Waals surface area contributed by atoms with Gasteiger partial charge in [0, 0.05) is 12.2 Å². The maximum Gasteiger partial charge on any atom is 0.331 e. The molecule has 0 aromatic heterocycles. The molecule has 0 amide bonds. The number of esters is 2. The lowest BCUT2D eigenvalue weighted by Gasteiger charge is -2.02. The highest BCUT2D eigenvalue weighted by atomic mass is 16.5. The smallest absolute Gasteiger partial charge is 0.331 e. The minimum Gasteiger partial charge on any atom is -0.466 e. The van der Waals surface area contributed by atoms with Crippen LogP contribution in [-0.2, 0) is 19.1 Å². The van der Waals surface area contributed by atoms with Gasteiger partial charge in [-0.05, 0) is 32.1 Å². The van der Waals surface area contributed by atoms with Gasteiger partial charge in [-0.15, -0.1) is 0 Å². The van der Waals surface area contributed by atoms with E-state index in [-0.39, 0.29) is 0 Å². The summed E-state index contributed by atoms with van der Waals surface area (Å²) in [5.74, 6) is -1.04. The average molecular weight is 381 g/mol. The largest absolute Gasteiger partial charge is 0.466 e. The molecule has 0 aliphatic heterocycles. The summed E-state index contributed by atoms with van der Waals surface area (Å²) in [6.07, 6.45) is 24.4. The number of carbonyl (C=O) groups is 2. The van der Waals surface area contributed by atoms with Crippen LogP contribution >= 0.6 is 0 Å². The van der Waals surface area contributed by atoms with Gasteiger partial charge in [0.2, 0.25) is 0 Å². The van der Waals surface area contributed by atoms with Crippen LogP contribution in [0.3, 0.4) is 0 Å². The van der Waals surface area contributed by atoms with Gasteiger partial charge in [-0.3, -0.25) is 0 Å². The molecular formula is C23H40O4. The number of hydrogen-bond acceptors (Lipinski definition) is 4. The quantitative estimate of drug-likeness (QED) is 0.121. The maximum atomic E-state index is 11.3. The number of methoxy groups -OCH3 is 1. The highest BCUT2D eigenvalue weighted by molar-refractivity contribution is 5.91. The molecule has 0 N–H and O–H groups in total. The van der Waals surface area contributed by atoms with Gasteiger partial charge in [0.15, 0.2) is 0 Å². The molecule has 156 valence electrons. The van der Waals surface area contributed by atoms with E-state index in [1.807, 2.05) is 0 Å². The first-order chi connectivity index (χ1) is 13.2. The SMILES string of the molecule is CCCCCCCC/C=C\CCCCCCCCOC(=O)/C=C\C(=O)OC. The molecule has 0 bridgehead atoms. The molecule has 0 fully saturated rings. The van der Waals surface area contributed by atoms with Crippen LogP contribution in [0.25, 0.3) is 0 Å². The van der Waals surface area contributed by atoms with Crippen LogP contribution in [0, 0.1) is 0 Å². The van der Waals surface area contributed by atoms with Crippen molar-refractivity contribution in [2.45, 2.75) is 96.8 Å². The van der Waals surface area contributed by atoms with E-state index in [4.69, 9.17) is 4.74 Å². The Bertz CT molecular complexity index is 413. The minimum absolute atomic E-state index is 0.408. The van der Waals surface area contributed by atoms with Crippen molar-refractivity contribution in [3.8, 4) is 0 Å². The topological polar surface area (TPSA) is 52.6 Å². The summed E-state index contributed by atoms with van der Waals surface area (Å²) in [7, 11) is 1.27. The number of hydrogen-bond donors (Lipinski definition) is 0. The van der Waals surface area contributed by atoms with E-state index in [2.05, 4.69) is 23.8 Å². The van der Waals surface area contributed by atoms with Crippen molar-refractivity contribution in [3.05, 3.63) is 24.3 Å². The summed E-state index contributed by atoms with van der Waals surface area (Å²) < 4.78 is 9.41. The van der Waals surface area contributed by atoms with Crippen LogP contribution < -0.4 is 0 Å². The van der Waals surface area contributed by atoms with Gasteiger partial charge in [-0.25, -0.2) is 9.59 Å². The van der Waals surface area contributed by atoms with Crippen LogP contribution in [0.1, 0.15) is 96.8 Å². The van der Waals surface area contributed by atoms with Gasteiger partial charge in [-0.2, -0.15) is 0 Å². The summed E-state index contributed by atoms with van der Waals surface area (Å²) in [5, 5.41) is 0. The van der Waals surface area contributed by atoms with Gasteiger partial charge in [-0.1, -0.05) is 76.9 Å². The second-order valence-corrected chi connectivity index (χ2v) is 6.96. The van der Waals surface area contributed by atoms with Crippen LogP contribution in [-0.4, -0.2) is 25.7 Å². The molecule has 0 unspecified atom stereocenters. The van der Waals surface area contributed by atoms with Crippen LogP contribution in [0.5, 0.6) is 0 Å². The fourth-order valence-electron chi connectivity index (χ4n) is 2.77. The summed E-state index contributed by atoms with van der Waals surface area (Å²) in [6, 6.07) is 0. The van der Waals surface area contributed by atoms with Crippen molar-refractivity contribution in [1.29, 1.82) is 0 Å². The van der Waals surface area contributed by atoms with Crippen molar-refractivity contribution in [2.75, 3.05) is 13.7 Å². The first-order valence-corrected chi connectivity index (χ1v) is 10.8. The lowest BCUT2D eigenvalue weighted by molar-refractivity contribution is -0.139. The Kier molecular flexibility index (Phi) is 19.5. The van der Waals surface area contributed by atoms with Gasteiger partial charge in [0.1, 0.15) is 0 Å². The Morgan fingerprint density at radius 3 is 1.70 bits per heavy atom. The molecule has 4 heteroatoms. The number of unbranched alkanes of at least 4 members (excludes halogenated alkanes) is 12. The monoisotopic (exact) mass is 380 g/mol. The zero-order valence-electron chi connectivity index (χ0n) is 17.5. The molecule has 0 spiro atoms. The molecule has 4 nitrogen and oxygen atoms in total. The van der Waals surface area contributed by atoms with Crippen molar-refractivity contribution in [1.82, 2.24) is 0 Å². The van der Waals surface area contributed by atoms with Gasteiger partial charge in [0.25, 0.3) is 0 Å².